The van der Waals surface area contributed by atoms with Gasteiger partial charge in [-0.25, -0.2) is 4.79 Å². The lowest BCUT2D eigenvalue weighted by atomic mass is 9.83. The molecular formula is C26H21ClN2O5. The Kier molecular flexibility index (Phi) is 6.62. The number of rotatable bonds is 6. The maximum absolute atomic E-state index is 12.6. The lowest BCUT2D eigenvalue weighted by molar-refractivity contribution is 0.0734. The van der Waals surface area contributed by atoms with E-state index in [1.165, 1.54) is 0 Å². The molecule has 0 aliphatic carbocycles. The molecule has 0 saturated carbocycles. The normalized spacial score (nSPS) is 14.5. The molecule has 1 aliphatic heterocycles. The van der Waals surface area contributed by atoms with Crippen molar-refractivity contribution in [1.82, 2.24) is 0 Å². The lowest BCUT2D eigenvalue weighted by Gasteiger charge is -2.27. The number of halogens is 1. The van der Waals surface area contributed by atoms with Gasteiger partial charge in [-0.1, -0.05) is 35.9 Å². The number of ether oxygens (including phenoxy) is 4. The standard InChI is InChI=1S/C26H21ClN2O5/c1-3-32-21-11-8-15(12-23(21)31-2)24-18-10-9-16(13-22(18)34-25(29)19(24)14-28)33-26(30)17-6-4-5-7-20(17)27/h4-13,24H,3,29H2,1-2H3. The van der Waals surface area contributed by atoms with Crippen LogP contribution in [0, 0.1) is 11.3 Å². The van der Waals surface area contributed by atoms with Crippen LogP contribution in [0.2, 0.25) is 5.02 Å². The van der Waals surface area contributed by atoms with Crippen LogP contribution in [0.15, 0.2) is 72.1 Å². The molecule has 172 valence electrons. The molecule has 8 heteroatoms. The van der Waals surface area contributed by atoms with Crippen LogP contribution in [-0.2, 0) is 0 Å². The summed E-state index contributed by atoms with van der Waals surface area (Å²) in [5.74, 6) is 0.620. The van der Waals surface area contributed by atoms with Gasteiger partial charge in [0.2, 0.25) is 5.88 Å². The number of nitriles is 1. The molecule has 1 aliphatic rings. The van der Waals surface area contributed by atoms with Crippen molar-refractivity contribution in [3.8, 4) is 29.1 Å². The van der Waals surface area contributed by atoms with Gasteiger partial charge in [0.25, 0.3) is 0 Å². The van der Waals surface area contributed by atoms with E-state index in [-0.39, 0.29) is 27.8 Å². The Labute approximate surface area is 201 Å². The summed E-state index contributed by atoms with van der Waals surface area (Å²) in [5, 5.41) is 10.1. The van der Waals surface area contributed by atoms with Gasteiger partial charge in [-0.05, 0) is 42.8 Å². The third kappa shape index (κ3) is 4.36. The zero-order valence-electron chi connectivity index (χ0n) is 18.5. The van der Waals surface area contributed by atoms with E-state index in [1.54, 1.807) is 61.7 Å². The number of fused-ring (bicyclic) bond motifs is 1. The second kappa shape index (κ2) is 9.77. The molecule has 1 unspecified atom stereocenters. The molecule has 4 rings (SSSR count). The first-order valence-electron chi connectivity index (χ1n) is 10.5. The van der Waals surface area contributed by atoms with Crippen LogP contribution in [0.3, 0.4) is 0 Å². The topological polar surface area (TPSA) is 104 Å². The van der Waals surface area contributed by atoms with E-state index >= 15 is 0 Å². The molecule has 3 aromatic rings. The molecule has 1 atom stereocenters. The smallest absolute Gasteiger partial charge is 0.345 e. The number of nitrogens with zero attached hydrogens (tertiary/aromatic N) is 1. The number of allylic oxidation sites excluding steroid dienone is 1. The van der Waals surface area contributed by atoms with Crippen LogP contribution >= 0.6 is 11.6 Å². The number of esters is 1. The molecule has 1 heterocycles. The van der Waals surface area contributed by atoms with Crippen LogP contribution < -0.4 is 24.7 Å². The Hall–Kier alpha value is -4.15. The van der Waals surface area contributed by atoms with Crippen LogP contribution in [-0.4, -0.2) is 19.7 Å². The second-order valence-electron chi connectivity index (χ2n) is 7.34. The van der Waals surface area contributed by atoms with Crippen molar-refractivity contribution >= 4 is 17.6 Å². The van der Waals surface area contributed by atoms with E-state index in [1.807, 2.05) is 13.0 Å². The SMILES string of the molecule is CCOc1ccc(C2C(C#N)=C(N)Oc3cc(OC(=O)c4ccccc4Cl)ccc32)cc1OC. The molecule has 0 radical (unpaired) electrons. The molecule has 0 fully saturated rings. The molecule has 0 aromatic heterocycles. The third-order valence-corrected chi connectivity index (χ3v) is 5.65. The van der Waals surface area contributed by atoms with E-state index in [0.717, 1.165) is 5.56 Å². The number of hydrogen-bond acceptors (Lipinski definition) is 7. The zero-order chi connectivity index (χ0) is 24.2. The largest absolute Gasteiger partial charge is 0.493 e. The first kappa shape index (κ1) is 23.0. The molecule has 0 spiro atoms. The van der Waals surface area contributed by atoms with Gasteiger partial charge in [-0.15, -0.1) is 0 Å². The molecule has 2 N–H and O–H groups in total. The molecule has 0 amide bonds. The van der Waals surface area contributed by atoms with Gasteiger partial charge in [0.15, 0.2) is 11.5 Å². The summed E-state index contributed by atoms with van der Waals surface area (Å²) in [6.45, 7) is 2.37. The first-order chi connectivity index (χ1) is 16.5. The Morgan fingerprint density at radius 2 is 1.94 bits per heavy atom. The minimum atomic E-state index is -0.601. The maximum atomic E-state index is 12.6. The fraction of sp³-hybridized carbons (Fsp3) is 0.154. The number of benzene rings is 3. The van der Waals surface area contributed by atoms with Gasteiger partial charge in [0, 0.05) is 11.6 Å². The number of hydrogen-bond donors (Lipinski definition) is 1. The molecule has 3 aromatic carbocycles. The van der Waals surface area contributed by atoms with Gasteiger partial charge >= 0.3 is 5.97 Å². The van der Waals surface area contributed by atoms with Crippen LogP contribution in [0.1, 0.15) is 34.3 Å². The monoisotopic (exact) mass is 476 g/mol. The Morgan fingerprint density at radius 3 is 2.65 bits per heavy atom. The summed E-state index contributed by atoms with van der Waals surface area (Å²) >= 11 is 6.10. The minimum absolute atomic E-state index is 0.0255. The highest BCUT2D eigenvalue weighted by molar-refractivity contribution is 6.33. The van der Waals surface area contributed by atoms with Crippen molar-refractivity contribution in [2.75, 3.05) is 13.7 Å². The van der Waals surface area contributed by atoms with Gasteiger partial charge in [-0.2, -0.15) is 5.26 Å². The average Bonchev–Trinajstić information content (AvgIpc) is 2.83. The van der Waals surface area contributed by atoms with Crippen molar-refractivity contribution in [3.63, 3.8) is 0 Å². The van der Waals surface area contributed by atoms with Crippen LogP contribution in [0.5, 0.6) is 23.0 Å². The van der Waals surface area contributed by atoms with Gasteiger partial charge < -0.3 is 24.7 Å². The number of nitrogens with two attached hydrogens (primary N) is 1. The van der Waals surface area contributed by atoms with Gasteiger partial charge in [-0.3, -0.25) is 0 Å². The quantitative estimate of drug-likeness (QED) is 0.386. The summed E-state index contributed by atoms with van der Waals surface area (Å²) in [5.41, 5.74) is 8.06. The Morgan fingerprint density at radius 1 is 1.15 bits per heavy atom. The van der Waals surface area contributed by atoms with Crippen LogP contribution in [0.4, 0.5) is 0 Å². The summed E-state index contributed by atoms with van der Waals surface area (Å²) < 4.78 is 22.3. The minimum Gasteiger partial charge on any atom is -0.493 e. The molecule has 34 heavy (non-hydrogen) atoms. The summed E-state index contributed by atoms with van der Waals surface area (Å²) in [6.07, 6.45) is 0. The highest BCUT2D eigenvalue weighted by Crippen LogP contribution is 2.45. The Bertz CT molecular complexity index is 1330. The summed E-state index contributed by atoms with van der Waals surface area (Å²) in [4.78, 5) is 12.6. The fourth-order valence-electron chi connectivity index (χ4n) is 3.77. The average molecular weight is 477 g/mol. The summed E-state index contributed by atoms with van der Waals surface area (Å²) in [6, 6.07) is 19.1. The molecule has 0 saturated heterocycles. The Balaban J connectivity index is 1.72. The van der Waals surface area contributed by atoms with Crippen molar-refractivity contribution < 1.29 is 23.7 Å². The number of methoxy groups -OCH3 is 1. The first-order valence-corrected chi connectivity index (χ1v) is 10.8. The zero-order valence-corrected chi connectivity index (χ0v) is 19.3. The second-order valence-corrected chi connectivity index (χ2v) is 7.74. The van der Waals surface area contributed by atoms with E-state index in [2.05, 4.69) is 6.07 Å². The van der Waals surface area contributed by atoms with E-state index in [4.69, 9.17) is 36.3 Å². The van der Waals surface area contributed by atoms with Crippen molar-refractivity contribution in [2.24, 2.45) is 5.73 Å². The van der Waals surface area contributed by atoms with Gasteiger partial charge in [0.05, 0.1) is 30.2 Å². The molecule has 0 bridgehead atoms. The number of carbonyl (C=O) groups is 1. The fourth-order valence-corrected chi connectivity index (χ4v) is 3.98. The van der Waals surface area contributed by atoms with E-state index in [0.29, 0.717) is 29.4 Å². The number of carbonyl (C=O) groups excluding carboxylic acids is 1. The molecular weight excluding hydrogens is 456 g/mol. The van der Waals surface area contributed by atoms with Crippen molar-refractivity contribution in [1.29, 1.82) is 5.26 Å². The highest BCUT2D eigenvalue weighted by atomic mass is 35.5. The van der Waals surface area contributed by atoms with Crippen LogP contribution in [0.25, 0.3) is 0 Å². The van der Waals surface area contributed by atoms with Crippen molar-refractivity contribution in [2.45, 2.75) is 12.8 Å². The third-order valence-electron chi connectivity index (χ3n) is 5.32. The predicted octanol–water partition coefficient (Wildman–Crippen LogP) is 5.18. The van der Waals surface area contributed by atoms with E-state index in [9.17, 15) is 10.1 Å². The van der Waals surface area contributed by atoms with E-state index < -0.39 is 11.9 Å². The predicted molar refractivity (Wildman–Crippen MR) is 126 cm³/mol. The highest BCUT2D eigenvalue weighted by Gasteiger charge is 2.32. The molecule has 7 nitrogen and oxygen atoms in total. The van der Waals surface area contributed by atoms with Crippen molar-refractivity contribution in [3.05, 3.63) is 93.8 Å². The summed E-state index contributed by atoms with van der Waals surface area (Å²) in [7, 11) is 1.55. The van der Waals surface area contributed by atoms with Gasteiger partial charge in [0.1, 0.15) is 23.1 Å². The lowest BCUT2D eigenvalue weighted by Crippen LogP contribution is -2.21. The maximum Gasteiger partial charge on any atom is 0.345 e.